The normalized spacial score (nSPS) is 16.6. The molecule has 92 valence electrons. The summed E-state index contributed by atoms with van der Waals surface area (Å²) in [4.78, 5) is 12.0. The van der Waals surface area contributed by atoms with E-state index in [4.69, 9.17) is 11.6 Å². The molecule has 0 aliphatic heterocycles. The highest BCUT2D eigenvalue weighted by molar-refractivity contribution is 6.18. The standard InChI is InChI=1S/C12H16ClN3O/c1-8-5-10(9(2)16-15-8)11(17)14-7-12(6-13)3-4-12/h5H,3-4,6-7H2,1-2H3,(H,14,17). The fourth-order valence-electron chi connectivity index (χ4n) is 1.68. The van der Waals surface area contributed by atoms with Gasteiger partial charge in [0.1, 0.15) is 0 Å². The highest BCUT2D eigenvalue weighted by Crippen LogP contribution is 2.45. The lowest BCUT2D eigenvalue weighted by Gasteiger charge is -2.13. The van der Waals surface area contributed by atoms with Crippen LogP contribution in [0.25, 0.3) is 0 Å². The van der Waals surface area contributed by atoms with E-state index in [1.807, 2.05) is 6.92 Å². The van der Waals surface area contributed by atoms with Gasteiger partial charge in [-0.05, 0) is 32.8 Å². The van der Waals surface area contributed by atoms with Gasteiger partial charge in [-0.3, -0.25) is 4.79 Å². The number of aromatic nitrogens is 2. The minimum atomic E-state index is -0.0862. The maximum absolute atomic E-state index is 12.0. The third-order valence-electron chi connectivity index (χ3n) is 3.21. The number of halogens is 1. The van der Waals surface area contributed by atoms with Crippen LogP contribution in [0, 0.1) is 19.3 Å². The van der Waals surface area contributed by atoms with Gasteiger partial charge >= 0.3 is 0 Å². The summed E-state index contributed by atoms with van der Waals surface area (Å²) in [5.74, 6) is 0.525. The van der Waals surface area contributed by atoms with Crippen molar-refractivity contribution in [3.63, 3.8) is 0 Å². The van der Waals surface area contributed by atoms with Crippen LogP contribution in [0.15, 0.2) is 6.07 Å². The lowest BCUT2D eigenvalue weighted by Crippen LogP contribution is -2.31. The Morgan fingerprint density at radius 2 is 2.18 bits per heavy atom. The minimum Gasteiger partial charge on any atom is -0.351 e. The van der Waals surface area contributed by atoms with Crippen LogP contribution in [0.1, 0.15) is 34.6 Å². The molecule has 1 aromatic heterocycles. The number of carbonyl (C=O) groups excluding carboxylic acids is 1. The van der Waals surface area contributed by atoms with Crippen molar-refractivity contribution in [1.82, 2.24) is 15.5 Å². The van der Waals surface area contributed by atoms with E-state index in [9.17, 15) is 4.79 Å². The molecule has 0 saturated heterocycles. The van der Waals surface area contributed by atoms with Crippen LogP contribution < -0.4 is 5.32 Å². The summed E-state index contributed by atoms with van der Waals surface area (Å²) < 4.78 is 0. The Bertz CT molecular complexity index is 443. The molecule has 0 radical (unpaired) electrons. The zero-order chi connectivity index (χ0) is 12.5. The van der Waals surface area contributed by atoms with Crippen LogP contribution in [0.4, 0.5) is 0 Å². The number of hydrogen-bond acceptors (Lipinski definition) is 3. The summed E-state index contributed by atoms with van der Waals surface area (Å²) >= 11 is 5.87. The van der Waals surface area contributed by atoms with Crippen molar-refractivity contribution in [2.24, 2.45) is 5.41 Å². The van der Waals surface area contributed by atoms with Crippen LogP contribution in [-0.2, 0) is 0 Å². The van der Waals surface area contributed by atoms with Crippen molar-refractivity contribution in [1.29, 1.82) is 0 Å². The Kier molecular flexibility index (Phi) is 3.33. The Morgan fingerprint density at radius 3 is 2.76 bits per heavy atom. The lowest BCUT2D eigenvalue weighted by atomic mass is 10.1. The van der Waals surface area contributed by atoms with E-state index in [2.05, 4.69) is 15.5 Å². The largest absolute Gasteiger partial charge is 0.351 e. The zero-order valence-electron chi connectivity index (χ0n) is 10.1. The summed E-state index contributed by atoms with van der Waals surface area (Å²) in [5.41, 5.74) is 2.14. The molecule has 1 aliphatic rings. The predicted molar refractivity (Wildman–Crippen MR) is 66.2 cm³/mol. The first-order chi connectivity index (χ1) is 8.06. The van der Waals surface area contributed by atoms with E-state index in [0.717, 1.165) is 18.5 Å². The first kappa shape index (κ1) is 12.3. The summed E-state index contributed by atoms with van der Waals surface area (Å²) in [6.45, 7) is 4.26. The molecule has 1 aromatic rings. The number of amides is 1. The molecule has 1 saturated carbocycles. The van der Waals surface area contributed by atoms with Crippen molar-refractivity contribution >= 4 is 17.5 Å². The topological polar surface area (TPSA) is 54.9 Å². The fraction of sp³-hybridized carbons (Fsp3) is 0.583. The van der Waals surface area contributed by atoms with E-state index >= 15 is 0 Å². The molecular formula is C12H16ClN3O. The molecule has 0 aromatic carbocycles. The number of nitrogens with zero attached hydrogens (tertiary/aromatic N) is 2. The maximum Gasteiger partial charge on any atom is 0.253 e. The highest BCUT2D eigenvalue weighted by atomic mass is 35.5. The first-order valence-electron chi connectivity index (χ1n) is 5.71. The predicted octanol–water partition coefficient (Wildman–Crippen LogP) is 1.84. The van der Waals surface area contributed by atoms with Crippen molar-refractivity contribution in [2.75, 3.05) is 12.4 Å². The van der Waals surface area contributed by atoms with Gasteiger partial charge in [-0.25, -0.2) is 0 Å². The summed E-state index contributed by atoms with van der Waals surface area (Å²) in [6.07, 6.45) is 2.20. The molecule has 0 atom stereocenters. The van der Waals surface area contributed by atoms with Gasteiger partial charge in [0, 0.05) is 17.8 Å². The average molecular weight is 254 g/mol. The van der Waals surface area contributed by atoms with Crippen molar-refractivity contribution in [2.45, 2.75) is 26.7 Å². The summed E-state index contributed by atoms with van der Waals surface area (Å²) in [7, 11) is 0. The van der Waals surface area contributed by atoms with Crippen LogP contribution in [-0.4, -0.2) is 28.5 Å². The van der Waals surface area contributed by atoms with Crippen molar-refractivity contribution in [3.05, 3.63) is 23.0 Å². The van der Waals surface area contributed by atoms with Gasteiger partial charge in [0.25, 0.3) is 5.91 Å². The molecule has 5 heteroatoms. The van der Waals surface area contributed by atoms with Crippen LogP contribution >= 0.6 is 11.6 Å². The Balaban J connectivity index is 2.02. The monoisotopic (exact) mass is 253 g/mol. The SMILES string of the molecule is Cc1cc(C(=O)NCC2(CCl)CC2)c(C)nn1. The second kappa shape index (κ2) is 4.61. The van der Waals surface area contributed by atoms with Gasteiger partial charge in [-0.15, -0.1) is 11.6 Å². The minimum absolute atomic E-state index is 0.0862. The van der Waals surface area contributed by atoms with E-state index in [-0.39, 0.29) is 11.3 Å². The van der Waals surface area contributed by atoms with E-state index < -0.39 is 0 Å². The van der Waals surface area contributed by atoms with E-state index in [0.29, 0.717) is 23.7 Å². The van der Waals surface area contributed by atoms with Gasteiger partial charge < -0.3 is 5.32 Å². The molecule has 1 heterocycles. The number of alkyl halides is 1. The number of nitrogens with one attached hydrogen (secondary N) is 1. The lowest BCUT2D eigenvalue weighted by molar-refractivity contribution is 0.0945. The summed E-state index contributed by atoms with van der Waals surface area (Å²) in [6, 6.07) is 1.76. The van der Waals surface area contributed by atoms with E-state index in [1.165, 1.54) is 0 Å². The smallest absolute Gasteiger partial charge is 0.253 e. The Hall–Kier alpha value is -1.16. The van der Waals surface area contributed by atoms with Gasteiger partial charge in [-0.1, -0.05) is 0 Å². The maximum atomic E-state index is 12.0. The van der Waals surface area contributed by atoms with Crippen LogP contribution in [0.5, 0.6) is 0 Å². The fourth-order valence-corrected chi connectivity index (χ4v) is 2.04. The molecule has 1 fully saturated rings. The molecule has 4 nitrogen and oxygen atoms in total. The Labute approximate surface area is 106 Å². The van der Waals surface area contributed by atoms with Crippen molar-refractivity contribution in [3.8, 4) is 0 Å². The average Bonchev–Trinajstić information content (AvgIpc) is 3.10. The van der Waals surface area contributed by atoms with Crippen LogP contribution in [0.3, 0.4) is 0 Å². The first-order valence-corrected chi connectivity index (χ1v) is 6.25. The zero-order valence-corrected chi connectivity index (χ0v) is 10.8. The third kappa shape index (κ3) is 2.75. The van der Waals surface area contributed by atoms with Gasteiger partial charge in [0.2, 0.25) is 0 Å². The number of aryl methyl sites for hydroxylation is 2. The number of rotatable bonds is 4. The second-order valence-corrected chi connectivity index (χ2v) is 5.07. The van der Waals surface area contributed by atoms with E-state index in [1.54, 1.807) is 13.0 Å². The molecular weight excluding hydrogens is 238 g/mol. The number of hydrogen-bond donors (Lipinski definition) is 1. The van der Waals surface area contributed by atoms with Gasteiger partial charge in [-0.2, -0.15) is 10.2 Å². The molecule has 0 spiro atoms. The molecule has 1 aliphatic carbocycles. The summed E-state index contributed by atoms with van der Waals surface area (Å²) in [5, 5.41) is 10.8. The molecule has 0 bridgehead atoms. The molecule has 1 amide bonds. The number of carbonyl (C=O) groups is 1. The Morgan fingerprint density at radius 1 is 1.47 bits per heavy atom. The highest BCUT2D eigenvalue weighted by Gasteiger charge is 2.41. The second-order valence-electron chi connectivity index (χ2n) is 4.80. The molecule has 2 rings (SSSR count). The third-order valence-corrected chi connectivity index (χ3v) is 3.78. The van der Waals surface area contributed by atoms with Gasteiger partial charge in [0.15, 0.2) is 0 Å². The molecule has 1 N–H and O–H groups in total. The molecule has 0 unspecified atom stereocenters. The molecule has 17 heavy (non-hydrogen) atoms. The quantitative estimate of drug-likeness (QED) is 0.833. The van der Waals surface area contributed by atoms with Gasteiger partial charge in [0.05, 0.1) is 17.0 Å². The van der Waals surface area contributed by atoms with Crippen LogP contribution in [0.2, 0.25) is 0 Å². The van der Waals surface area contributed by atoms with Crippen molar-refractivity contribution < 1.29 is 4.79 Å².